The molecule has 5 nitrogen and oxygen atoms in total. The summed E-state index contributed by atoms with van der Waals surface area (Å²) >= 11 is 0. The quantitative estimate of drug-likeness (QED) is 0.692. The molecule has 0 spiro atoms. The number of fused-ring (bicyclic) bond motifs is 1. The van der Waals surface area contributed by atoms with E-state index in [9.17, 15) is 0 Å². The van der Waals surface area contributed by atoms with Crippen LogP contribution in [0.3, 0.4) is 0 Å². The number of imidazole rings is 1. The molecule has 4 heterocycles. The zero-order valence-electron chi connectivity index (χ0n) is 16.3. The van der Waals surface area contributed by atoms with Crippen LogP contribution in [0, 0.1) is 6.92 Å². The minimum Gasteiger partial charge on any atom is -0.493 e. The highest BCUT2D eigenvalue weighted by atomic mass is 16.5. The average molecular weight is 374 g/mol. The van der Waals surface area contributed by atoms with Crippen molar-refractivity contribution in [2.45, 2.75) is 38.8 Å². The van der Waals surface area contributed by atoms with Crippen LogP contribution in [0.4, 0.5) is 0 Å². The number of pyridine rings is 1. The number of piperidine rings is 1. The van der Waals surface area contributed by atoms with Crippen molar-refractivity contribution in [3.05, 3.63) is 65.7 Å². The SMILES string of the molecule is Cc1cnc(-c2ccncc2)n1C1CCCN(Cc2ccc3c(c2)CCO3)C1. The maximum atomic E-state index is 5.65. The van der Waals surface area contributed by atoms with Crippen LogP contribution in [-0.2, 0) is 13.0 Å². The summed E-state index contributed by atoms with van der Waals surface area (Å²) in [5.41, 5.74) is 5.12. The Balaban J connectivity index is 1.36. The van der Waals surface area contributed by atoms with Crippen LogP contribution in [0.1, 0.15) is 35.7 Å². The zero-order chi connectivity index (χ0) is 18.9. The molecule has 3 aromatic rings. The van der Waals surface area contributed by atoms with Gasteiger partial charge in [0.2, 0.25) is 0 Å². The number of benzene rings is 1. The van der Waals surface area contributed by atoms with Crippen LogP contribution >= 0.6 is 0 Å². The van der Waals surface area contributed by atoms with E-state index < -0.39 is 0 Å². The molecular formula is C23H26N4O. The molecule has 2 aliphatic heterocycles. The fourth-order valence-electron chi connectivity index (χ4n) is 4.60. The van der Waals surface area contributed by atoms with Gasteiger partial charge in [0.25, 0.3) is 0 Å². The molecule has 1 aromatic carbocycles. The molecule has 5 rings (SSSR count). The third-order valence-corrected chi connectivity index (χ3v) is 5.93. The lowest BCUT2D eigenvalue weighted by Crippen LogP contribution is -2.36. The van der Waals surface area contributed by atoms with Gasteiger partial charge >= 0.3 is 0 Å². The Morgan fingerprint density at radius 2 is 2.07 bits per heavy atom. The Bertz CT molecular complexity index is 966. The summed E-state index contributed by atoms with van der Waals surface area (Å²) < 4.78 is 8.08. The van der Waals surface area contributed by atoms with Crippen LogP contribution < -0.4 is 4.74 Å². The molecule has 2 aromatic heterocycles. The average Bonchev–Trinajstić information content (AvgIpc) is 3.35. The van der Waals surface area contributed by atoms with E-state index in [1.807, 2.05) is 30.7 Å². The summed E-state index contributed by atoms with van der Waals surface area (Å²) in [6, 6.07) is 11.2. The minimum absolute atomic E-state index is 0.456. The number of hydrogen-bond donors (Lipinski definition) is 0. The topological polar surface area (TPSA) is 43.2 Å². The van der Waals surface area contributed by atoms with Gasteiger partial charge in [0.15, 0.2) is 0 Å². The molecule has 0 N–H and O–H groups in total. The predicted molar refractivity (Wildman–Crippen MR) is 109 cm³/mol. The van der Waals surface area contributed by atoms with Crippen LogP contribution in [0.2, 0.25) is 0 Å². The zero-order valence-corrected chi connectivity index (χ0v) is 16.3. The highest BCUT2D eigenvalue weighted by molar-refractivity contribution is 5.55. The standard InChI is InChI=1S/C23H26N4O/c1-17-14-25-23(19-6-9-24-10-7-19)27(17)21-3-2-11-26(16-21)15-18-4-5-22-20(13-18)8-12-28-22/h4-7,9-10,13-14,21H,2-3,8,11-12,15-16H2,1H3. The highest BCUT2D eigenvalue weighted by Crippen LogP contribution is 2.31. The fraction of sp³-hybridized carbons (Fsp3) is 0.391. The number of hydrogen-bond acceptors (Lipinski definition) is 4. The van der Waals surface area contributed by atoms with Crippen molar-refractivity contribution in [1.29, 1.82) is 0 Å². The lowest BCUT2D eigenvalue weighted by Gasteiger charge is -2.35. The molecule has 0 bridgehead atoms. The summed E-state index contributed by atoms with van der Waals surface area (Å²) in [5.74, 6) is 2.12. The summed E-state index contributed by atoms with van der Waals surface area (Å²) in [4.78, 5) is 11.4. The van der Waals surface area contributed by atoms with Crippen molar-refractivity contribution in [2.75, 3.05) is 19.7 Å². The van der Waals surface area contributed by atoms with E-state index in [-0.39, 0.29) is 0 Å². The van der Waals surface area contributed by atoms with Crippen LogP contribution in [0.15, 0.2) is 48.9 Å². The summed E-state index contributed by atoms with van der Waals surface area (Å²) in [7, 11) is 0. The third kappa shape index (κ3) is 3.31. The van der Waals surface area contributed by atoms with E-state index in [0.29, 0.717) is 6.04 Å². The number of aromatic nitrogens is 3. The number of likely N-dealkylation sites (tertiary alicyclic amines) is 1. The van der Waals surface area contributed by atoms with E-state index >= 15 is 0 Å². The summed E-state index contributed by atoms with van der Waals surface area (Å²) in [6.07, 6.45) is 9.13. The molecule has 1 fully saturated rings. The molecular weight excluding hydrogens is 348 g/mol. The molecule has 5 heteroatoms. The van der Waals surface area contributed by atoms with Gasteiger partial charge in [0.1, 0.15) is 11.6 Å². The van der Waals surface area contributed by atoms with E-state index in [0.717, 1.165) is 49.8 Å². The predicted octanol–water partition coefficient (Wildman–Crippen LogP) is 4.03. The maximum Gasteiger partial charge on any atom is 0.140 e. The van der Waals surface area contributed by atoms with Crippen molar-refractivity contribution in [3.63, 3.8) is 0 Å². The Labute approximate surface area is 166 Å². The molecule has 1 saturated heterocycles. The van der Waals surface area contributed by atoms with Crippen molar-refractivity contribution in [1.82, 2.24) is 19.4 Å². The molecule has 1 atom stereocenters. The van der Waals surface area contributed by atoms with E-state index in [4.69, 9.17) is 9.72 Å². The Morgan fingerprint density at radius 1 is 1.18 bits per heavy atom. The molecule has 144 valence electrons. The van der Waals surface area contributed by atoms with Gasteiger partial charge in [-0.3, -0.25) is 9.88 Å². The Kier molecular flexibility index (Phi) is 4.61. The molecule has 0 aliphatic carbocycles. The highest BCUT2D eigenvalue weighted by Gasteiger charge is 2.25. The first-order valence-corrected chi connectivity index (χ1v) is 10.2. The first kappa shape index (κ1) is 17.4. The maximum absolute atomic E-state index is 5.65. The second kappa shape index (κ2) is 7.40. The lowest BCUT2D eigenvalue weighted by atomic mass is 10.0. The molecule has 0 saturated carbocycles. The van der Waals surface area contributed by atoms with Crippen LogP contribution in [-0.4, -0.2) is 39.1 Å². The van der Waals surface area contributed by atoms with Gasteiger partial charge < -0.3 is 9.30 Å². The fourth-order valence-corrected chi connectivity index (χ4v) is 4.60. The van der Waals surface area contributed by atoms with Crippen molar-refractivity contribution < 1.29 is 4.74 Å². The van der Waals surface area contributed by atoms with Gasteiger partial charge in [-0.2, -0.15) is 0 Å². The first-order valence-electron chi connectivity index (χ1n) is 10.2. The van der Waals surface area contributed by atoms with Crippen molar-refractivity contribution in [2.24, 2.45) is 0 Å². The second-order valence-electron chi connectivity index (χ2n) is 7.90. The molecule has 28 heavy (non-hydrogen) atoms. The van der Waals surface area contributed by atoms with Gasteiger partial charge in [0, 0.05) is 55.4 Å². The third-order valence-electron chi connectivity index (χ3n) is 5.93. The molecule has 0 radical (unpaired) electrons. The van der Waals surface area contributed by atoms with Crippen molar-refractivity contribution in [3.8, 4) is 17.1 Å². The van der Waals surface area contributed by atoms with Crippen LogP contribution in [0.5, 0.6) is 5.75 Å². The van der Waals surface area contributed by atoms with Gasteiger partial charge in [-0.05, 0) is 55.6 Å². The van der Waals surface area contributed by atoms with E-state index in [1.54, 1.807) is 0 Å². The first-order chi connectivity index (χ1) is 13.8. The number of ether oxygens (including phenoxy) is 1. The summed E-state index contributed by atoms with van der Waals surface area (Å²) in [5, 5.41) is 0. The van der Waals surface area contributed by atoms with Gasteiger partial charge in [0.05, 0.1) is 6.61 Å². The minimum atomic E-state index is 0.456. The molecule has 2 aliphatic rings. The molecule has 0 amide bonds. The normalized spacial score (nSPS) is 19.4. The number of nitrogens with zero attached hydrogens (tertiary/aromatic N) is 4. The van der Waals surface area contributed by atoms with E-state index in [2.05, 4.69) is 39.6 Å². The smallest absolute Gasteiger partial charge is 0.140 e. The monoisotopic (exact) mass is 374 g/mol. The Morgan fingerprint density at radius 3 is 2.96 bits per heavy atom. The van der Waals surface area contributed by atoms with E-state index in [1.165, 1.54) is 29.7 Å². The number of aryl methyl sites for hydroxylation is 1. The van der Waals surface area contributed by atoms with Gasteiger partial charge in [-0.15, -0.1) is 0 Å². The van der Waals surface area contributed by atoms with Gasteiger partial charge in [-0.25, -0.2) is 4.98 Å². The van der Waals surface area contributed by atoms with Crippen LogP contribution in [0.25, 0.3) is 11.4 Å². The van der Waals surface area contributed by atoms with Gasteiger partial charge in [-0.1, -0.05) is 12.1 Å². The molecule has 1 unspecified atom stereocenters. The second-order valence-corrected chi connectivity index (χ2v) is 7.90. The lowest BCUT2D eigenvalue weighted by molar-refractivity contribution is 0.170. The summed E-state index contributed by atoms with van der Waals surface area (Å²) in [6.45, 7) is 6.20. The number of rotatable bonds is 4. The van der Waals surface area contributed by atoms with Crippen molar-refractivity contribution >= 4 is 0 Å². The Hall–Kier alpha value is -2.66. The largest absolute Gasteiger partial charge is 0.493 e.